The van der Waals surface area contributed by atoms with Gasteiger partial charge in [0, 0.05) is 127 Å². The number of esters is 3. The summed E-state index contributed by atoms with van der Waals surface area (Å²) < 4.78 is 39.7. The normalized spacial score (nSPS) is 29.4. The lowest BCUT2D eigenvalue weighted by Gasteiger charge is -2.30. The number of nitrogens with two attached hydrogens (primary N) is 1. The summed E-state index contributed by atoms with van der Waals surface area (Å²) in [5, 5.41) is 91.1. The number of carbonyl (C=O) groups excluding carboxylic acids is 9. The van der Waals surface area contributed by atoms with Crippen molar-refractivity contribution in [3.63, 3.8) is 0 Å². The van der Waals surface area contributed by atoms with E-state index in [0.29, 0.717) is 118 Å². The highest BCUT2D eigenvalue weighted by Crippen LogP contribution is 2.48. The first-order chi connectivity index (χ1) is 69.2. The third-order valence-electron chi connectivity index (χ3n) is 26.3. The second kappa shape index (κ2) is 52.8. The number of carbonyl (C=O) groups is 9. The van der Waals surface area contributed by atoms with Gasteiger partial charge >= 0.3 is 17.9 Å². The Bertz CT molecular complexity index is 5620. The Labute approximate surface area is 858 Å². The molecule has 0 aromatic heterocycles. The zero-order valence-corrected chi connectivity index (χ0v) is 85.6. The maximum atomic E-state index is 13.6. The number of nitrogens with one attached hydrogen (secondary N) is 2. The van der Waals surface area contributed by atoms with Crippen LogP contribution in [-0.2, 0) is 95.7 Å². The molecule has 35 nitrogen and oxygen atoms in total. The number of epoxide rings is 1. The van der Waals surface area contributed by atoms with Gasteiger partial charge in [-0.2, -0.15) is 0 Å². The summed E-state index contributed by atoms with van der Waals surface area (Å²) in [5.41, 5.74) is 8.14. The minimum Gasteiger partial charge on any atom is -0.507 e. The molecule has 4 saturated heterocycles. The number of allylic oxidation sites excluding steroid dienone is 15. The van der Waals surface area contributed by atoms with E-state index in [9.17, 15) is 78.9 Å². The van der Waals surface area contributed by atoms with E-state index in [4.69, 9.17) is 88.2 Å². The van der Waals surface area contributed by atoms with Crippen LogP contribution in [0.1, 0.15) is 187 Å². The molecule has 8 heterocycles. The van der Waals surface area contributed by atoms with Gasteiger partial charge in [-0.05, 0) is 176 Å². The largest absolute Gasteiger partial charge is 0.507 e. The van der Waals surface area contributed by atoms with E-state index in [1.807, 2.05) is 84.1 Å². The number of methoxy groups -OCH3 is 2. The fourth-order valence-electron chi connectivity index (χ4n) is 18.2. The molecule has 2 bridgehead atoms. The molecule has 0 radical (unpaired) electrons. The fourth-order valence-corrected chi connectivity index (χ4v) is 18.9. The highest BCUT2D eigenvalue weighted by Gasteiger charge is 2.51. The number of rotatable bonds is 19. The fraction of sp³-hybridized carbons (Fsp3) is 0.477. The number of ketones is 2. The van der Waals surface area contributed by atoms with Crippen LogP contribution in [0, 0.1) is 35.5 Å². The number of hydrogen-bond acceptors (Lipinski definition) is 31. The zero-order chi connectivity index (χ0) is 105. The monoisotopic (exact) mass is 2060 g/mol. The number of likely N-dealkylation sites (tertiary alicyclic amines) is 3. The van der Waals surface area contributed by atoms with Crippen LogP contribution < -0.4 is 16.4 Å². The molecule has 2 saturated carbocycles. The number of oxime groups is 3. The predicted octanol–water partition coefficient (Wildman–Crippen LogP) is 14.4. The van der Waals surface area contributed by atoms with Crippen molar-refractivity contribution in [3.05, 3.63) is 223 Å². The number of ether oxygens (including phenoxy) is 7. The average Bonchev–Trinajstić information content (AvgIpc) is 1.68. The summed E-state index contributed by atoms with van der Waals surface area (Å²) in [6, 6.07) is 3.08. The second-order valence-corrected chi connectivity index (χ2v) is 39.0. The van der Waals surface area contributed by atoms with Gasteiger partial charge in [0.25, 0.3) is 5.91 Å². The van der Waals surface area contributed by atoms with Crippen LogP contribution in [-0.4, -0.2) is 255 Å². The van der Waals surface area contributed by atoms with E-state index in [-0.39, 0.29) is 188 Å². The van der Waals surface area contributed by atoms with E-state index in [0.717, 1.165) is 74.8 Å². The number of fused-ring (bicyclic) bond motifs is 8. The first-order valence-corrected chi connectivity index (χ1v) is 49.9. The molecule has 3 aromatic carbocycles. The molecular weight excluding hydrogens is 1930 g/mol. The minimum absolute atomic E-state index is 0.000604. The maximum Gasteiger partial charge on any atom is 0.342 e. The molecule has 14 rings (SSSR count). The summed E-state index contributed by atoms with van der Waals surface area (Å²) >= 11 is 19.0. The smallest absolute Gasteiger partial charge is 0.342 e. The van der Waals surface area contributed by atoms with Crippen molar-refractivity contribution in [2.75, 3.05) is 79.9 Å². The molecule has 11 N–H and O–H groups in total. The minimum atomic E-state index is -0.899. The van der Waals surface area contributed by atoms with E-state index < -0.39 is 88.8 Å². The number of aliphatic hydroxyl groups is 1. The molecule has 782 valence electrons. The van der Waals surface area contributed by atoms with Crippen molar-refractivity contribution in [2.45, 2.75) is 213 Å². The van der Waals surface area contributed by atoms with Crippen molar-refractivity contribution < 1.29 is 127 Å². The number of aromatic hydroxyl groups is 6. The van der Waals surface area contributed by atoms with Crippen molar-refractivity contribution in [2.24, 2.45) is 56.7 Å². The Hall–Kier alpha value is -12.8. The number of amides is 4. The summed E-state index contributed by atoms with van der Waals surface area (Å²) in [7, 11) is 3.03. The lowest BCUT2D eigenvalue weighted by Crippen LogP contribution is -2.37. The Morgan fingerprint density at radius 3 is 1.43 bits per heavy atom. The maximum absolute atomic E-state index is 13.6. The van der Waals surface area contributed by atoms with E-state index in [1.54, 1.807) is 77.2 Å². The number of cyclic esters (lactones) is 3. The molecule has 38 heteroatoms. The Kier molecular flexibility index (Phi) is 41.0. The standard InChI is InChI=1S/C32H45N3O7.C25H29ClN2O7.2C25H29ClN2O6/c1-9-13-34-28-23-14-18(2)15-27(41-8)29(37)20(4)16-21(5)31(42-22(6)33)26(40-7)12-10-11-19(3)32(39)35-24(30(23)38)17-25(28)36;1-15-12-20-25(2,35-20)8-4-3-6-16(27-33-11-10-28-9-5-7-21(28)31)13-17-22(24(32)34-15)18(29)14-19(30)23(17)26;2*1-15-11-17-12-16(17)5-2-3-6-18(27-33-10-9-28-8-4-7-22(28)31)13-19-23(25(32)34-15)20(29)14-21(30)24(19)26/h9-12,16-18,20,26-27,29,31,34,37H,1,6,13-15,33H2,2-5,7-8H3,(H,35,39);3-4,6,8,14-15,20,29-30H,5,7,9-13H2,1-2H3;2*2-3,5-6,14-17,29-30H,4,7-13H2,1H3/b12-10-,19-11+,21-16+;6-3+,8-4-,27-16-;5-2-,6-3+,27-18+;5-2-,6-3+,27-18-/t18-,20+,26+,27+,29-,31+;15-,20-,25-;2*15-,16-,17-/m1111/s1. The SMILES string of the molecule is C=CCNC1=C2C[C@@H](C)C[C@H](OC)[C@H](O)[C@@H](C)/C=C(\C)[C@H](OC(=C)N)[C@@H](OC)/C=C\C=C(/C)C(=O)NC(=CC1=O)C2=O.C[C@@H]1C[C@@H]2C[C@H]2\C=C/C=C/C(=N/OCCN2CCCC2=O)Cc2c(Cl)c(O)cc(O)c2C(=O)O1.C[C@@H]1C[C@@H]2C[C@H]2\C=C/C=C/C(=N\OCCN2CCCC2=O)Cc2c(Cl)c(O)cc(O)c2C(=O)O1.C[C@@H]1C[C@H]2O[C@]2(C)\C=C/C=C/C(=N/OCCN2CCCC2=O)Cc2c(Cl)c(O)cc(O)c2C(=O)O1. The number of aliphatic hydroxyl groups excluding tert-OH is 1. The van der Waals surface area contributed by atoms with Gasteiger partial charge in [0.15, 0.2) is 12.0 Å². The van der Waals surface area contributed by atoms with Crippen molar-refractivity contribution in [1.82, 2.24) is 25.3 Å². The second-order valence-electron chi connectivity index (χ2n) is 37.9. The first-order valence-electron chi connectivity index (χ1n) is 48.7. The topological polar surface area (TPSA) is 488 Å². The highest BCUT2D eigenvalue weighted by molar-refractivity contribution is 6.35. The Morgan fingerprint density at radius 1 is 0.586 bits per heavy atom. The number of phenols is 6. The molecule has 0 spiro atoms. The molecule has 8 aliphatic heterocycles. The molecule has 6 fully saturated rings. The summed E-state index contributed by atoms with van der Waals surface area (Å²) in [4.78, 5) is 136. The lowest BCUT2D eigenvalue weighted by molar-refractivity contribution is -0.129. The van der Waals surface area contributed by atoms with Crippen LogP contribution in [0.4, 0.5) is 0 Å². The van der Waals surface area contributed by atoms with Gasteiger partial charge in [0.05, 0.1) is 93.8 Å². The van der Waals surface area contributed by atoms with Crippen LogP contribution in [0.3, 0.4) is 0 Å². The third-order valence-corrected chi connectivity index (χ3v) is 27.6. The van der Waals surface area contributed by atoms with Crippen LogP contribution in [0.5, 0.6) is 34.5 Å². The van der Waals surface area contributed by atoms with Gasteiger partial charge in [0.1, 0.15) is 88.8 Å². The summed E-state index contributed by atoms with van der Waals surface area (Å²) in [6.45, 7) is 26.2. The summed E-state index contributed by atoms with van der Waals surface area (Å²) in [6.07, 6.45) is 36.8. The number of halogens is 3. The zero-order valence-electron chi connectivity index (χ0n) is 83.3. The van der Waals surface area contributed by atoms with Gasteiger partial charge in [0.2, 0.25) is 29.3 Å². The van der Waals surface area contributed by atoms with Crippen molar-refractivity contribution in [3.8, 4) is 34.5 Å². The van der Waals surface area contributed by atoms with E-state index >= 15 is 0 Å². The quantitative estimate of drug-likeness (QED) is 0.00779. The number of nitrogens with zero attached hydrogens (tertiary/aromatic N) is 6. The van der Waals surface area contributed by atoms with Crippen molar-refractivity contribution >= 4 is 105 Å². The van der Waals surface area contributed by atoms with Gasteiger partial charge in [-0.3, -0.25) is 28.8 Å². The van der Waals surface area contributed by atoms with Crippen LogP contribution >= 0.6 is 34.8 Å². The number of benzene rings is 3. The van der Waals surface area contributed by atoms with Gasteiger partial charge in [-0.1, -0.05) is 149 Å². The molecule has 3 aliphatic carbocycles. The lowest BCUT2D eigenvalue weighted by atomic mass is 9.85. The number of hydrogen-bond donors (Lipinski definition) is 10. The van der Waals surface area contributed by atoms with E-state index in [2.05, 4.69) is 51.4 Å². The molecule has 15 atom stereocenters. The van der Waals surface area contributed by atoms with Gasteiger partial charge < -0.3 is 114 Å². The van der Waals surface area contributed by atoms with Crippen LogP contribution in [0.15, 0.2) is 190 Å². The van der Waals surface area contributed by atoms with E-state index in [1.165, 1.54) is 14.2 Å². The number of Topliss-reactive ketones (excluding diaryl/α,β-unsaturated/α-hetero) is 1. The molecule has 3 aromatic rings. The van der Waals surface area contributed by atoms with Gasteiger partial charge in [-0.25, -0.2) is 14.4 Å². The van der Waals surface area contributed by atoms with Crippen LogP contribution in [0.2, 0.25) is 15.1 Å². The Balaban J connectivity index is 0.000000185. The summed E-state index contributed by atoms with van der Waals surface area (Å²) in [5.74, 6) is -4.39. The van der Waals surface area contributed by atoms with Crippen LogP contribution in [0.25, 0.3) is 0 Å². The Morgan fingerprint density at radius 2 is 1.02 bits per heavy atom. The molecular formula is C107H132Cl3N9O26. The molecule has 11 aliphatic rings. The number of phenolic OH excluding ortho intramolecular Hbond substituents is 6. The molecule has 4 amide bonds. The first kappa shape index (κ1) is 113. The van der Waals surface area contributed by atoms with Crippen molar-refractivity contribution in [1.29, 1.82) is 0 Å². The molecule has 145 heavy (non-hydrogen) atoms. The van der Waals surface area contributed by atoms with Gasteiger partial charge in [-0.15, -0.1) is 6.58 Å². The molecule has 0 unspecified atom stereocenters. The average molecular weight is 2070 g/mol. The predicted molar refractivity (Wildman–Crippen MR) is 544 cm³/mol. The highest BCUT2D eigenvalue weighted by atomic mass is 35.5. The third kappa shape index (κ3) is 31.6.